The third-order valence-electron chi connectivity index (χ3n) is 3.95. The molecule has 1 atom stereocenters. The summed E-state index contributed by atoms with van der Waals surface area (Å²) >= 11 is 0. The normalized spacial score (nSPS) is 12.3. The fraction of sp³-hybridized carbons (Fsp3) is 0.263. The van der Waals surface area contributed by atoms with Gasteiger partial charge in [0.1, 0.15) is 12.4 Å². The molecule has 0 radical (unpaired) electrons. The second-order valence-electron chi connectivity index (χ2n) is 6.22. The highest BCUT2D eigenvalue weighted by Crippen LogP contribution is 2.34. The first-order valence-electron chi connectivity index (χ1n) is 7.77. The zero-order valence-corrected chi connectivity index (χ0v) is 14.0. The Bertz CT molecular complexity index is 729. The van der Waals surface area contributed by atoms with Gasteiger partial charge in [-0.25, -0.2) is 9.18 Å². The van der Waals surface area contributed by atoms with Gasteiger partial charge in [0.2, 0.25) is 0 Å². The molecule has 132 valence electrons. The summed E-state index contributed by atoms with van der Waals surface area (Å²) in [5.41, 5.74) is -0.0252. The Morgan fingerprint density at radius 2 is 1.72 bits per heavy atom. The van der Waals surface area contributed by atoms with Crippen molar-refractivity contribution in [2.75, 3.05) is 0 Å². The Balaban J connectivity index is 2.14. The van der Waals surface area contributed by atoms with Gasteiger partial charge in [0.15, 0.2) is 0 Å². The van der Waals surface area contributed by atoms with Gasteiger partial charge in [-0.05, 0) is 37.1 Å². The maximum Gasteiger partial charge on any atom is 0.407 e. The van der Waals surface area contributed by atoms with Crippen molar-refractivity contribution >= 4 is 12.1 Å². The van der Waals surface area contributed by atoms with Gasteiger partial charge in [-0.2, -0.15) is 0 Å². The highest BCUT2D eigenvalue weighted by Gasteiger charge is 2.39. The highest BCUT2D eigenvalue weighted by atomic mass is 19.1. The minimum atomic E-state index is -1.32. The second kappa shape index (κ2) is 7.79. The molecule has 2 N–H and O–H groups in total. The Morgan fingerprint density at radius 1 is 1.12 bits per heavy atom. The summed E-state index contributed by atoms with van der Waals surface area (Å²) in [6.45, 7) is 3.04. The van der Waals surface area contributed by atoms with Gasteiger partial charge >= 0.3 is 12.1 Å². The number of nitrogens with one attached hydrogen (secondary N) is 1. The van der Waals surface area contributed by atoms with E-state index in [0.717, 1.165) is 5.56 Å². The second-order valence-corrected chi connectivity index (χ2v) is 6.22. The molecule has 0 spiro atoms. The molecule has 6 heteroatoms. The lowest BCUT2D eigenvalue weighted by Crippen LogP contribution is -2.42. The number of carbonyl (C=O) groups is 2. The van der Waals surface area contributed by atoms with Gasteiger partial charge < -0.3 is 15.2 Å². The zero-order chi connectivity index (χ0) is 18.4. The average Bonchev–Trinajstić information content (AvgIpc) is 2.59. The number of benzene rings is 2. The standard InChI is InChI=1S/C19H20FNO4/c1-19(2,17(22)23)16(14-8-10-15(20)11-9-14)21-18(24)25-12-13-6-4-3-5-7-13/h3-11,16H,12H2,1-2H3,(H,21,24)(H,22,23)/t16-/m1/s1. The lowest BCUT2D eigenvalue weighted by molar-refractivity contribution is -0.148. The molecule has 0 aliphatic carbocycles. The molecule has 2 aromatic rings. The van der Waals surface area contributed by atoms with Crippen molar-refractivity contribution in [3.05, 3.63) is 71.5 Å². The molecule has 25 heavy (non-hydrogen) atoms. The van der Waals surface area contributed by atoms with E-state index in [1.54, 1.807) is 0 Å². The van der Waals surface area contributed by atoms with E-state index < -0.39 is 29.3 Å². The fourth-order valence-electron chi connectivity index (χ4n) is 2.34. The molecule has 0 saturated carbocycles. The molecule has 0 aliphatic rings. The van der Waals surface area contributed by atoms with E-state index in [1.165, 1.54) is 38.1 Å². The molecular weight excluding hydrogens is 325 g/mol. The van der Waals surface area contributed by atoms with E-state index in [1.807, 2.05) is 30.3 Å². The molecule has 0 heterocycles. The van der Waals surface area contributed by atoms with Gasteiger partial charge in [0, 0.05) is 0 Å². The average molecular weight is 345 g/mol. The van der Waals surface area contributed by atoms with Gasteiger partial charge in [0.05, 0.1) is 11.5 Å². The van der Waals surface area contributed by atoms with Gasteiger partial charge in [0.25, 0.3) is 0 Å². The molecule has 2 aromatic carbocycles. The molecule has 0 fully saturated rings. The van der Waals surface area contributed by atoms with Crippen LogP contribution in [0.25, 0.3) is 0 Å². The zero-order valence-electron chi connectivity index (χ0n) is 14.0. The number of hydrogen-bond acceptors (Lipinski definition) is 3. The van der Waals surface area contributed by atoms with Crippen molar-refractivity contribution in [1.29, 1.82) is 0 Å². The van der Waals surface area contributed by atoms with E-state index in [-0.39, 0.29) is 6.61 Å². The highest BCUT2D eigenvalue weighted by molar-refractivity contribution is 5.77. The summed E-state index contributed by atoms with van der Waals surface area (Å²) < 4.78 is 18.3. The number of rotatable bonds is 6. The number of ether oxygens (including phenoxy) is 1. The van der Waals surface area contributed by atoms with Crippen LogP contribution in [-0.2, 0) is 16.1 Å². The summed E-state index contributed by atoms with van der Waals surface area (Å²) in [6, 6.07) is 13.6. The number of halogens is 1. The minimum Gasteiger partial charge on any atom is -0.481 e. The van der Waals surface area contributed by atoms with Crippen LogP contribution in [0.15, 0.2) is 54.6 Å². The van der Waals surface area contributed by atoms with E-state index in [0.29, 0.717) is 5.56 Å². The van der Waals surface area contributed by atoms with Gasteiger partial charge in [-0.15, -0.1) is 0 Å². The first-order valence-corrected chi connectivity index (χ1v) is 7.77. The number of carboxylic acids is 1. The van der Waals surface area contributed by atoms with E-state index >= 15 is 0 Å². The fourth-order valence-corrected chi connectivity index (χ4v) is 2.34. The van der Waals surface area contributed by atoms with Crippen LogP contribution >= 0.6 is 0 Å². The molecule has 5 nitrogen and oxygen atoms in total. The molecule has 0 aliphatic heterocycles. The third-order valence-corrected chi connectivity index (χ3v) is 3.95. The van der Waals surface area contributed by atoms with Gasteiger partial charge in [-0.1, -0.05) is 42.5 Å². The van der Waals surface area contributed by atoms with Crippen LogP contribution in [0.1, 0.15) is 31.0 Å². The summed E-state index contributed by atoms with van der Waals surface area (Å²) in [4.78, 5) is 23.7. The van der Waals surface area contributed by atoms with Crippen molar-refractivity contribution in [3.8, 4) is 0 Å². The van der Waals surface area contributed by atoms with E-state index in [2.05, 4.69) is 5.32 Å². The number of hydrogen-bond donors (Lipinski definition) is 2. The smallest absolute Gasteiger partial charge is 0.407 e. The van der Waals surface area contributed by atoms with Crippen LogP contribution < -0.4 is 5.32 Å². The monoisotopic (exact) mass is 345 g/mol. The Hall–Kier alpha value is -2.89. The van der Waals surface area contributed by atoms with Crippen LogP contribution in [0, 0.1) is 11.2 Å². The predicted octanol–water partition coefficient (Wildman–Crippen LogP) is 3.90. The third kappa shape index (κ3) is 4.79. The number of amides is 1. The first kappa shape index (κ1) is 18.4. The summed E-state index contributed by atoms with van der Waals surface area (Å²) in [5.74, 6) is -1.53. The van der Waals surface area contributed by atoms with Crippen LogP contribution in [0.2, 0.25) is 0 Å². The van der Waals surface area contributed by atoms with Crippen molar-refractivity contribution in [3.63, 3.8) is 0 Å². The van der Waals surface area contributed by atoms with E-state index in [4.69, 9.17) is 4.74 Å². The van der Waals surface area contributed by atoms with Crippen LogP contribution in [0.4, 0.5) is 9.18 Å². The summed E-state index contributed by atoms with van der Waals surface area (Å²) in [7, 11) is 0. The number of aliphatic carboxylic acids is 1. The van der Waals surface area contributed by atoms with Gasteiger partial charge in [-0.3, -0.25) is 4.79 Å². The van der Waals surface area contributed by atoms with Crippen molar-refractivity contribution in [2.24, 2.45) is 5.41 Å². The lowest BCUT2D eigenvalue weighted by atomic mass is 9.80. The Labute approximate surface area is 145 Å². The topological polar surface area (TPSA) is 75.6 Å². The molecule has 0 saturated heterocycles. The molecule has 0 aromatic heterocycles. The molecule has 1 amide bonds. The maximum atomic E-state index is 13.1. The van der Waals surface area contributed by atoms with Crippen molar-refractivity contribution in [2.45, 2.75) is 26.5 Å². The number of alkyl carbamates (subject to hydrolysis) is 1. The largest absolute Gasteiger partial charge is 0.481 e. The van der Waals surface area contributed by atoms with Crippen molar-refractivity contribution in [1.82, 2.24) is 5.32 Å². The predicted molar refractivity (Wildman–Crippen MR) is 90.3 cm³/mol. The lowest BCUT2D eigenvalue weighted by Gasteiger charge is -2.31. The molecule has 2 rings (SSSR count). The quantitative estimate of drug-likeness (QED) is 0.832. The summed E-state index contributed by atoms with van der Waals surface area (Å²) in [5, 5.41) is 12.1. The Kier molecular flexibility index (Phi) is 5.75. The maximum absolute atomic E-state index is 13.1. The SMILES string of the molecule is CC(C)(C(=O)O)[C@H](NC(=O)OCc1ccccc1)c1ccc(F)cc1. The summed E-state index contributed by atoms with van der Waals surface area (Å²) in [6.07, 6.45) is -0.743. The first-order chi connectivity index (χ1) is 11.8. The van der Waals surface area contributed by atoms with Crippen molar-refractivity contribution < 1.29 is 23.8 Å². The minimum absolute atomic E-state index is 0.0658. The number of carboxylic acid groups (broad SMARTS) is 1. The van der Waals surface area contributed by atoms with E-state index in [9.17, 15) is 19.1 Å². The number of carbonyl (C=O) groups excluding carboxylic acids is 1. The molecular formula is C19H20FNO4. The molecule has 0 unspecified atom stereocenters. The Morgan fingerprint density at radius 3 is 2.28 bits per heavy atom. The van der Waals surface area contributed by atoms with Crippen LogP contribution in [-0.4, -0.2) is 17.2 Å². The molecule has 0 bridgehead atoms. The van der Waals surface area contributed by atoms with Crippen LogP contribution in [0.5, 0.6) is 0 Å². The van der Waals surface area contributed by atoms with Crippen LogP contribution in [0.3, 0.4) is 0 Å².